The van der Waals surface area contributed by atoms with Gasteiger partial charge in [0.1, 0.15) is 22.0 Å². The maximum atomic E-state index is 13.2. The first kappa shape index (κ1) is 21.0. The number of fused-ring (bicyclic) bond motifs is 1. The highest BCUT2D eigenvalue weighted by molar-refractivity contribution is 7.07. The molecule has 2 N–H and O–H groups in total. The Kier molecular flexibility index (Phi) is 5.55. The molecule has 1 aliphatic rings. The number of nitriles is 2. The molecule has 7 nitrogen and oxygen atoms in total. The number of hydrogen-bond donors (Lipinski definition) is 1. The third-order valence-corrected chi connectivity index (χ3v) is 6.37. The van der Waals surface area contributed by atoms with Gasteiger partial charge in [-0.15, -0.1) is 11.3 Å². The predicted molar refractivity (Wildman–Crippen MR) is 122 cm³/mol. The number of rotatable bonds is 4. The quantitative estimate of drug-likeness (QED) is 0.660. The average Bonchev–Trinajstić information content (AvgIpc) is 3.15. The molecule has 4 rings (SSSR count). The van der Waals surface area contributed by atoms with E-state index in [1.54, 1.807) is 43.5 Å². The summed E-state index contributed by atoms with van der Waals surface area (Å²) in [5.74, 6) is 0.413. The van der Waals surface area contributed by atoms with Crippen LogP contribution >= 0.6 is 11.3 Å². The van der Waals surface area contributed by atoms with Crippen molar-refractivity contribution >= 4 is 28.8 Å². The van der Waals surface area contributed by atoms with Crippen LogP contribution < -0.4 is 30.0 Å². The summed E-state index contributed by atoms with van der Waals surface area (Å²) in [6.07, 6.45) is 1.70. The van der Waals surface area contributed by atoms with Crippen LogP contribution in [-0.2, 0) is 0 Å². The molecule has 0 saturated heterocycles. The summed E-state index contributed by atoms with van der Waals surface area (Å²) in [4.78, 5) is 13.2. The number of methoxy groups -OCH3 is 2. The third-order valence-electron chi connectivity index (χ3n) is 5.26. The van der Waals surface area contributed by atoms with Gasteiger partial charge in [-0.05, 0) is 18.2 Å². The molecule has 2 heterocycles. The van der Waals surface area contributed by atoms with E-state index in [4.69, 9.17) is 15.2 Å². The summed E-state index contributed by atoms with van der Waals surface area (Å²) in [6.45, 7) is 0. The van der Waals surface area contributed by atoms with Crippen LogP contribution in [0.4, 0.5) is 0 Å². The Morgan fingerprint density at radius 1 is 1.00 bits per heavy atom. The van der Waals surface area contributed by atoms with Crippen molar-refractivity contribution in [1.29, 1.82) is 10.5 Å². The van der Waals surface area contributed by atoms with E-state index < -0.39 is 11.5 Å². The van der Waals surface area contributed by atoms with E-state index in [0.29, 0.717) is 31.8 Å². The van der Waals surface area contributed by atoms with Crippen LogP contribution in [0.25, 0.3) is 17.5 Å². The fourth-order valence-corrected chi connectivity index (χ4v) is 4.91. The van der Waals surface area contributed by atoms with Crippen LogP contribution in [0.2, 0.25) is 0 Å². The van der Waals surface area contributed by atoms with E-state index in [0.717, 1.165) is 11.3 Å². The summed E-state index contributed by atoms with van der Waals surface area (Å²) in [7, 11) is 3.08. The topological polar surface area (TPSA) is 114 Å². The van der Waals surface area contributed by atoms with Crippen molar-refractivity contribution in [2.45, 2.75) is 5.92 Å². The Labute approximate surface area is 187 Å². The monoisotopic (exact) mass is 442 g/mol. The zero-order valence-electron chi connectivity index (χ0n) is 17.3. The second kappa shape index (κ2) is 8.46. The molecule has 0 fully saturated rings. The molecular weight excluding hydrogens is 424 g/mol. The van der Waals surface area contributed by atoms with Gasteiger partial charge in [0.05, 0.1) is 48.0 Å². The summed E-state index contributed by atoms with van der Waals surface area (Å²) >= 11 is 1.15. The molecule has 8 heteroatoms. The highest BCUT2D eigenvalue weighted by Gasteiger charge is 2.33. The Hall–Kier alpha value is -4.27. The SMILES string of the molecule is COc1ccccc1/C=c1/sc2n(c1=O)C(N)=C(C#N)[C@H](c1ccccc1OC)C=2C#N. The first-order valence-electron chi connectivity index (χ1n) is 9.59. The van der Waals surface area contributed by atoms with E-state index in [2.05, 4.69) is 12.1 Å². The number of hydrogen-bond acceptors (Lipinski definition) is 7. The molecule has 0 spiro atoms. The van der Waals surface area contributed by atoms with Gasteiger partial charge in [0.25, 0.3) is 5.56 Å². The van der Waals surface area contributed by atoms with Crippen LogP contribution in [-0.4, -0.2) is 18.8 Å². The van der Waals surface area contributed by atoms with Gasteiger partial charge in [-0.1, -0.05) is 36.4 Å². The number of nitrogens with two attached hydrogens (primary N) is 1. The maximum Gasteiger partial charge on any atom is 0.274 e. The maximum absolute atomic E-state index is 13.2. The molecule has 0 aliphatic carbocycles. The second-order valence-electron chi connectivity index (χ2n) is 6.91. The van der Waals surface area contributed by atoms with Gasteiger partial charge in [-0.2, -0.15) is 10.5 Å². The van der Waals surface area contributed by atoms with Crippen molar-refractivity contribution in [2.75, 3.05) is 14.2 Å². The number of nitrogens with zero attached hydrogens (tertiary/aromatic N) is 3. The molecule has 1 atom stereocenters. The standard InChI is InChI=1S/C24H18N4O3S/c1-30-18-9-5-3-7-14(18)11-20-23(29)28-22(27)16(12-25)21(17(13-26)24(28)32-20)15-8-4-6-10-19(15)31-2/h3-11,21H,27H2,1-2H3/b20-11+/t21-/m0/s1. The fourth-order valence-electron chi connectivity index (χ4n) is 3.79. The third kappa shape index (κ3) is 3.24. The first-order valence-corrected chi connectivity index (χ1v) is 10.4. The van der Waals surface area contributed by atoms with E-state index in [9.17, 15) is 15.3 Å². The lowest BCUT2D eigenvalue weighted by atomic mass is 9.84. The highest BCUT2D eigenvalue weighted by Crippen LogP contribution is 2.39. The molecule has 32 heavy (non-hydrogen) atoms. The Morgan fingerprint density at radius 2 is 1.62 bits per heavy atom. The zero-order valence-corrected chi connectivity index (χ0v) is 18.1. The fraction of sp³-hybridized carbons (Fsp3) is 0.125. The summed E-state index contributed by atoms with van der Waals surface area (Å²) in [5, 5.41) is 20.0. The van der Waals surface area contributed by atoms with Crippen molar-refractivity contribution in [3.63, 3.8) is 0 Å². The molecule has 1 aromatic heterocycles. The van der Waals surface area contributed by atoms with Gasteiger partial charge in [-0.25, -0.2) is 0 Å². The normalized spacial score (nSPS) is 15.7. The molecule has 3 aromatic rings. The Balaban J connectivity index is 2.08. The first-order chi connectivity index (χ1) is 15.5. The number of para-hydroxylation sites is 2. The smallest absolute Gasteiger partial charge is 0.274 e. The molecule has 0 radical (unpaired) electrons. The average molecular weight is 443 g/mol. The number of benzene rings is 2. The van der Waals surface area contributed by atoms with E-state index in [1.165, 1.54) is 11.7 Å². The molecule has 2 aromatic carbocycles. The van der Waals surface area contributed by atoms with Gasteiger partial charge in [-0.3, -0.25) is 9.36 Å². The minimum absolute atomic E-state index is 0.0123. The molecule has 1 aliphatic heterocycles. The summed E-state index contributed by atoms with van der Waals surface area (Å²) in [5.41, 5.74) is 7.67. The van der Waals surface area contributed by atoms with Crippen LogP contribution in [0.15, 0.2) is 58.9 Å². The van der Waals surface area contributed by atoms with E-state index in [-0.39, 0.29) is 17.0 Å². The zero-order chi connectivity index (χ0) is 22.8. The van der Waals surface area contributed by atoms with E-state index >= 15 is 0 Å². The van der Waals surface area contributed by atoms with Crippen molar-refractivity contribution < 1.29 is 9.47 Å². The van der Waals surface area contributed by atoms with Crippen molar-refractivity contribution in [2.24, 2.45) is 5.73 Å². The lowest BCUT2D eigenvalue weighted by Gasteiger charge is -2.23. The highest BCUT2D eigenvalue weighted by atomic mass is 32.1. The summed E-state index contributed by atoms with van der Waals surface area (Å²) in [6, 6.07) is 18.8. The van der Waals surface area contributed by atoms with Gasteiger partial charge in [0, 0.05) is 11.1 Å². The van der Waals surface area contributed by atoms with Gasteiger partial charge in [0.2, 0.25) is 0 Å². The number of thiazole rings is 1. The van der Waals surface area contributed by atoms with Crippen molar-refractivity contribution in [3.05, 3.63) is 84.8 Å². The molecule has 158 valence electrons. The Morgan fingerprint density at radius 3 is 2.28 bits per heavy atom. The lowest BCUT2D eigenvalue weighted by Crippen LogP contribution is -2.38. The minimum Gasteiger partial charge on any atom is -0.496 e. The molecular formula is C24H18N4O3S. The van der Waals surface area contributed by atoms with Crippen molar-refractivity contribution in [1.82, 2.24) is 4.57 Å². The van der Waals surface area contributed by atoms with Gasteiger partial charge >= 0.3 is 0 Å². The van der Waals surface area contributed by atoms with Crippen LogP contribution in [0.3, 0.4) is 0 Å². The predicted octanol–water partition coefficient (Wildman–Crippen LogP) is 1.88. The van der Waals surface area contributed by atoms with Crippen LogP contribution in [0, 0.1) is 22.7 Å². The minimum atomic E-state index is -0.738. The van der Waals surface area contributed by atoms with Gasteiger partial charge < -0.3 is 15.2 Å². The molecule has 0 bridgehead atoms. The van der Waals surface area contributed by atoms with Gasteiger partial charge in [0.15, 0.2) is 0 Å². The molecule has 0 unspecified atom stereocenters. The van der Waals surface area contributed by atoms with Crippen molar-refractivity contribution in [3.8, 4) is 23.6 Å². The van der Waals surface area contributed by atoms with Crippen LogP contribution in [0.5, 0.6) is 11.5 Å². The molecule has 0 amide bonds. The number of aromatic nitrogens is 1. The molecule has 0 saturated carbocycles. The number of ether oxygens (including phenoxy) is 2. The summed E-state index contributed by atoms with van der Waals surface area (Å²) < 4.78 is 12.8. The van der Waals surface area contributed by atoms with Crippen LogP contribution in [0.1, 0.15) is 17.0 Å². The van der Waals surface area contributed by atoms with E-state index in [1.807, 2.05) is 18.2 Å². The Bertz CT molecular complexity index is 1520. The number of allylic oxidation sites excluding steroid dienone is 1. The second-order valence-corrected chi connectivity index (χ2v) is 7.94. The largest absolute Gasteiger partial charge is 0.496 e. The lowest BCUT2D eigenvalue weighted by molar-refractivity contribution is 0.409.